The van der Waals surface area contributed by atoms with Gasteiger partial charge in [-0.1, -0.05) is 31.2 Å². The second kappa shape index (κ2) is 5.74. The predicted molar refractivity (Wildman–Crippen MR) is 96.0 cm³/mol. The second-order valence-corrected chi connectivity index (χ2v) is 7.12. The quantitative estimate of drug-likeness (QED) is 0.901. The van der Waals surface area contributed by atoms with E-state index in [1.807, 2.05) is 42.2 Å². The molecule has 0 aromatic heterocycles. The van der Waals surface area contributed by atoms with E-state index < -0.39 is 6.10 Å². The van der Waals surface area contributed by atoms with Crippen LogP contribution < -0.4 is 9.47 Å². The van der Waals surface area contributed by atoms with Crippen molar-refractivity contribution in [1.82, 2.24) is 4.90 Å². The Labute approximate surface area is 152 Å². The van der Waals surface area contributed by atoms with Crippen molar-refractivity contribution in [3.63, 3.8) is 0 Å². The maximum absolute atomic E-state index is 12.8. The first-order valence-electron chi connectivity index (χ1n) is 9.23. The molecule has 2 unspecified atom stereocenters. The van der Waals surface area contributed by atoms with Crippen LogP contribution >= 0.6 is 0 Å². The van der Waals surface area contributed by atoms with Crippen LogP contribution in [0.25, 0.3) is 11.1 Å². The molecule has 134 valence electrons. The molecule has 0 spiro atoms. The Balaban J connectivity index is 1.78. The maximum Gasteiger partial charge on any atom is 0.231 e. The first kappa shape index (κ1) is 15.7. The molecule has 2 atom stereocenters. The van der Waals surface area contributed by atoms with Crippen LogP contribution in [0.1, 0.15) is 48.6 Å². The minimum absolute atomic E-state index is 0.102. The van der Waals surface area contributed by atoms with Gasteiger partial charge >= 0.3 is 0 Å². The number of ether oxygens (including phenoxy) is 2. The van der Waals surface area contributed by atoms with Crippen molar-refractivity contribution in [3.05, 3.63) is 47.0 Å². The summed E-state index contributed by atoms with van der Waals surface area (Å²) in [4.78, 5) is 14.6. The van der Waals surface area contributed by atoms with Crippen molar-refractivity contribution in [3.8, 4) is 22.6 Å². The normalized spacial score (nSPS) is 22.0. The van der Waals surface area contributed by atoms with Gasteiger partial charge < -0.3 is 19.5 Å². The van der Waals surface area contributed by atoms with Crippen molar-refractivity contribution in [2.75, 3.05) is 13.3 Å². The summed E-state index contributed by atoms with van der Waals surface area (Å²) in [6.07, 6.45) is 1.33. The van der Waals surface area contributed by atoms with Crippen molar-refractivity contribution in [1.29, 1.82) is 0 Å². The van der Waals surface area contributed by atoms with Gasteiger partial charge in [-0.3, -0.25) is 4.79 Å². The van der Waals surface area contributed by atoms with Gasteiger partial charge in [0.1, 0.15) is 6.10 Å². The zero-order chi connectivity index (χ0) is 17.8. The lowest BCUT2D eigenvalue weighted by Crippen LogP contribution is -2.44. The zero-order valence-electron chi connectivity index (χ0n) is 14.7. The molecule has 2 aromatic carbocycles. The predicted octanol–water partition coefficient (Wildman–Crippen LogP) is 3.36. The molecule has 3 aliphatic rings. The number of aliphatic hydroxyl groups is 1. The molecule has 5 nitrogen and oxygen atoms in total. The fraction of sp³-hybridized carbons (Fsp3) is 0.381. The molecule has 0 radical (unpaired) electrons. The average Bonchev–Trinajstić information content (AvgIpc) is 3.12. The average molecular weight is 351 g/mol. The lowest BCUT2D eigenvalue weighted by molar-refractivity contribution is -0.137. The largest absolute Gasteiger partial charge is 0.454 e. The van der Waals surface area contributed by atoms with Crippen molar-refractivity contribution in [2.24, 2.45) is 0 Å². The first-order chi connectivity index (χ1) is 12.7. The number of benzene rings is 2. The van der Waals surface area contributed by atoms with Crippen LogP contribution in [0.3, 0.4) is 0 Å². The molecule has 1 N–H and O–H groups in total. The van der Waals surface area contributed by atoms with E-state index in [-0.39, 0.29) is 18.7 Å². The number of hydrogen-bond donors (Lipinski definition) is 1. The highest BCUT2D eigenvalue weighted by atomic mass is 16.7. The Morgan fingerprint density at radius 2 is 2.15 bits per heavy atom. The molecule has 5 rings (SSSR count). The summed E-state index contributed by atoms with van der Waals surface area (Å²) < 4.78 is 11.5. The van der Waals surface area contributed by atoms with Gasteiger partial charge in [-0.2, -0.15) is 0 Å². The van der Waals surface area contributed by atoms with Crippen LogP contribution in [0, 0.1) is 0 Å². The molecule has 0 fully saturated rings. The topological polar surface area (TPSA) is 59.0 Å². The van der Waals surface area contributed by atoms with E-state index in [9.17, 15) is 9.90 Å². The van der Waals surface area contributed by atoms with Crippen molar-refractivity contribution >= 4 is 5.91 Å². The van der Waals surface area contributed by atoms with Crippen LogP contribution in [0.5, 0.6) is 11.5 Å². The number of rotatable bonds is 2. The summed E-state index contributed by atoms with van der Waals surface area (Å²) in [7, 11) is 0. The fourth-order valence-electron chi connectivity index (χ4n) is 4.58. The van der Waals surface area contributed by atoms with Gasteiger partial charge in [-0.25, -0.2) is 0 Å². The van der Waals surface area contributed by atoms with Crippen LogP contribution in [0.15, 0.2) is 30.3 Å². The zero-order valence-corrected chi connectivity index (χ0v) is 14.7. The van der Waals surface area contributed by atoms with Crippen LogP contribution in [0.2, 0.25) is 0 Å². The van der Waals surface area contributed by atoms with Gasteiger partial charge in [0.2, 0.25) is 12.7 Å². The second-order valence-electron chi connectivity index (χ2n) is 7.12. The minimum atomic E-state index is -0.737. The van der Waals surface area contributed by atoms with Gasteiger partial charge in [0.15, 0.2) is 11.5 Å². The fourth-order valence-corrected chi connectivity index (χ4v) is 4.58. The third-order valence-electron chi connectivity index (χ3n) is 5.67. The number of nitrogens with zero attached hydrogens (tertiary/aromatic N) is 1. The standard InChI is InChI=1S/C21H21NO4/c1-2-5-16(23)22-9-8-12-10-15-21(26-11-25-15)18-13-6-3-4-7-14(13)20(24)19(22)17(12)18/h3-4,6-7,10,19-20,24H,2,5,8-9,11H2,1H3. The molecular weight excluding hydrogens is 330 g/mol. The van der Waals surface area contributed by atoms with Crippen LogP contribution in [0.4, 0.5) is 0 Å². The van der Waals surface area contributed by atoms with E-state index in [2.05, 4.69) is 0 Å². The maximum atomic E-state index is 12.8. The molecule has 1 aliphatic carbocycles. The van der Waals surface area contributed by atoms with Gasteiger partial charge in [0.25, 0.3) is 0 Å². The summed E-state index contributed by atoms with van der Waals surface area (Å²) in [5, 5.41) is 11.2. The molecule has 0 saturated heterocycles. The Hall–Kier alpha value is -2.53. The molecule has 0 bridgehead atoms. The summed E-state index contributed by atoms with van der Waals surface area (Å²) in [5.74, 6) is 1.60. The van der Waals surface area contributed by atoms with Crippen molar-refractivity contribution in [2.45, 2.75) is 38.3 Å². The van der Waals surface area contributed by atoms with E-state index in [1.165, 1.54) is 0 Å². The summed E-state index contributed by atoms with van der Waals surface area (Å²) in [6.45, 7) is 2.83. The molecule has 2 aliphatic heterocycles. The summed E-state index contributed by atoms with van der Waals surface area (Å²) in [6, 6.07) is 9.51. The first-order valence-corrected chi connectivity index (χ1v) is 9.23. The van der Waals surface area contributed by atoms with E-state index in [0.29, 0.717) is 13.0 Å². The molecular formula is C21H21NO4. The van der Waals surface area contributed by atoms with E-state index in [1.54, 1.807) is 0 Å². The summed E-state index contributed by atoms with van der Waals surface area (Å²) >= 11 is 0. The Morgan fingerprint density at radius 3 is 3.00 bits per heavy atom. The van der Waals surface area contributed by atoms with Gasteiger partial charge in [0.05, 0.1) is 6.04 Å². The lowest BCUT2D eigenvalue weighted by Gasteiger charge is -2.44. The Bertz CT molecular complexity index is 907. The number of carbonyl (C=O) groups is 1. The number of carbonyl (C=O) groups excluding carboxylic acids is 1. The minimum Gasteiger partial charge on any atom is -0.454 e. The molecule has 0 saturated carbocycles. The lowest BCUT2D eigenvalue weighted by atomic mass is 9.75. The molecule has 26 heavy (non-hydrogen) atoms. The van der Waals surface area contributed by atoms with Gasteiger partial charge in [-0.15, -0.1) is 0 Å². The molecule has 5 heteroatoms. The molecule has 2 aromatic rings. The highest BCUT2D eigenvalue weighted by Crippen LogP contribution is 2.56. The summed E-state index contributed by atoms with van der Waals surface area (Å²) in [5.41, 5.74) is 4.96. The van der Waals surface area contributed by atoms with E-state index in [0.717, 1.165) is 52.2 Å². The van der Waals surface area contributed by atoms with Gasteiger partial charge in [0, 0.05) is 18.5 Å². The number of hydrogen-bond acceptors (Lipinski definition) is 4. The Kier molecular flexibility index (Phi) is 3.47. The highest BCUT2D eigenvalue weighted by Gasteiger charge is 2.44. The van der Waals surface area contributed by atoms with Crippen molar-refractivity contribution < 1.29 is 19.4 Å². The Morgan fingerprint density at radius 1 is 1.31 bits per heavy atom. The number of fused-ring (bicyclic) bond motifs is 4. The van der Waals surface area contributed by atoms with Crippen LogP contribution in [-0.2, 0) is 11.2 Å². The third kappa shape index (κ3) is 2.04. The SMILES string of the molecule is CCCC(=O)N1CCc2cc3c(c4c2C1C(O)c1ccccc1-4)OCO3. The van der Waals surface area contributed by atoms with E-state index in [4.69, 9.17) is 9.47 Å². The highest BCUT2D eigenvalue weighted by molar-refractivity contribution is 5.86. The van der Waals surface area contributed by atoms with Crippen LogP contribution in [-0.4, -0.2) is 29.3 Å². The molecule has 1 amide bonds. The smallest absolute Gasteiger partial charge is 0.231 e. The number of aliphatic hydroxyl groups excluding tert-OH is 1. The number of amides is 1. The van der Waals surface area contributed by atoms with Gasteiger partial charge in [-0.05, 0) is 41.2 Å². The van der Waals surface area contributed by atoms with E-state index >= 15 is 0 Å². The molecule has 2 heterocycles. The third-order valence-corrected chi connectivity index (χ3v) is 5.67. The monoisotopic (exact) mass is 351 g/mol.